The van der Waals surface area contributed by atoms with Crippen LogP contribution in [0.25, 0.3) is 22.5 Å². The summed E-state index contributed by atoms with van der Waals surface area (Å²) in [6.07, 6.45) is 34.1. The molecule has 0 amide bonds. The molecule has 2 bridgehead atoms. The van der Waals surface area contributed by atoms with E-state index in [4.69, 9.17) is 4.98 Å². The fourth-order valence-corrected chi connectivity index (χ4v) is 19.5. The lowest BCUT2D eigenvalue weighted by atomic mass is 10.0. The predicted molar refractivity (Wildman–Crippen MR) is 213 cm³/mol. The number of benzene rings is 2. The largest absolute Gasteiger partial charge is 0.248 e. The third-order valence-electron chi connectivity index (χ3n) is 12.1. The van der Waals surface area contributed by atoms with Crippen molar-refractivity contribution in [3.63, 3.8) is 0 Å². The van der Waals surface area contributed by atoms with Gasteiger partial charge >= 0.3 is 0 Å². The summed E-state index contributed by atoms with van der Waals surface area (Å²) in [5, 5.41) is 0. The summed E-state index contributed by atoms with van der Waals surface area (Å²) in [4.78, 5) is 5.47. The Morgan fingerprint density at radius 1 is 0.383 bits per heavy atom. The monoisotopic (exact) mass is 683 g/mol. The summed E-state index contributed by atoms with van der Waals surface area (Å²) in [5.74, 6) is 0. The smallest absolute Gasteiger partial charge is 0.0712 e. The average Bonchev–Trinajstić information content (AvgIpc) is 3.14. The van der Waals surface area contributed by atoms with Gasteiger partial charge in [-0.3, -0.25) is 0 Å². The molecule has 4 aliphatic rings. The Kier molecular flexibility index (Phi) is 12.9. The summed E-state index contributed by atoms with van der Waals surface area (Å²) in [6, 6.07) is 25.6. The molecular formula is C43H60NP3. The van der Waals surface area contributed by atoms with Crippen LogP contribution in [0, 0.1) is 0 Å². The van der Waals surface area contributed by atoms with E-state index < -0.39 is 0 Å². The van der Waals surface area contributed by atoms with Crippen molar-refractivity contribution in [2.45, 2.75) is 138 Å². The Labute approximate surface area is 291 Å². The van der Waals surface area contributed by atoms with Gasteiger partial charge in [0.25, 0.3) is 0 Å². The molecule has 3 aliphatic carbocycles. The molecule has 7 rings (SSSR count). The van der Waals surface area contributed by atoms with Crippen molar-refractivity contribution >= 4 is 23.8 Å². The van der Waals surface area contributed by atoms with E-state index in [0.717, 1.165) is 17.0 Å². The Balaban J connectivity index is 1.24. The molecule has 4 heteroatoms. The highest BCUT2D eigenvalue weighted by Crippen LogP contribution is 2.56. The summed E-state index contributed by atoms with van der Waals surface area (Å²) in [5.41, 5.74) is 11.3. The van der Waals surface area contributed by atoms with E-state index in [1.165, 1.54) is 143 Å². The highest BCUT2D eigenvalue weighted by molar-refractivity contribution is 7.59. The van der Waals surface area contributed by atoms with Crippen molar-refractivity contribution in [2.75, 3.05) is 24.6 Å². The van der Waals surface area contributed by atoms with E-state index in [-0.39, 0.29) is 23.8 Å². The third kappa shape index (κ3) is 9.17. The Morgan fingerprint density at radius 3 is 1.21 bits per heavy atom. The van der Waals surface area contributed by atoms with Crippen LogP contribution in [0.4, 0.5) is 0 Å². The fourth-order valence-electron chi connectivity index (χ4n) is 9.54. The van der Waals surface area contributed by atoms with Crippen LogP contribution in [0.5, 0.6) is 0 Å². The molecule has 0 spiro atoms. The van der Waals surface area contributed by atoms with Gasteiger partial charge in [-0.1, -0.05) is 128 Å². The van der Waals surface area contributed by atoms with Gasteiger partial charge in [0.1, 0.15) is 0 Å². The van der Waals surface area contributed by atoms with Crippen LogP contribution in [0.3, 0.4) is 0 Å². The maximum absolute atomic E-state index is 5.47. The molecule has 0 N–H and O–H groups in total. The quantitative estimate of drug-likeness (QED) is 0.250. The molecule has 2 aromatic carbocycles. The van der Waals surface area contributed by atoms with E-state index >= 15 is 0 Å². The minimum atomic E-state index is 0.00166. The highest BCUT2D eigenvalue weighted by atomic mass is 31.1. The molecule has 3 saturated carbocycles. The van der Waals surface area contributed by atoms with Crippen LogP contribution in [0.2, 0.25) is 0 Å². The topological polar surface area (TPSA) is 12.9 Å². The number of hydrogen-bond acceptors (Lipinski definition) is 1. The van der Waals surface area contributed by atoms with Gasteiger partial charge in [0.2, 0.25) is 0 Å². The molecule has 1 aromatic heterocycles. The zero-order chi connectivity index (χ0) is 31.7. The van der Waals surface area contributed by atoms with Crippen LogP contribution in [-0.4, -0.2) is 46.6 Å². The van der Waals surface area contributed by atoms with Crippen molar-refractivity contribution < 1.29 is 0 Å². The minimum Gasteiger partial charge on any atom is -0.248 e. The highest BCUT2D eigenvalue weighted by Gasteiger charge is 2.29. The summed E-state index contributed by atoms with van der Waals surface area (Å²) in [7, 11) is 0.181. The van der Waals surface area contributed by atoms with Crippen LogP contribution in [0.1, 0.15) is 120 Å². The minimum absolute atomic E-state index is 0.00166. The van der Waals surface area contributed by atoms with Crippen LogP contribution < -0.4 is 0 Å². The zero-order valence-electron chi connectivity index (χ0n) is 29.1. The standard InChI is InChI=1S/C43H60NP3/c1-4-19-37(20-5-1)45-29-15-31-46(38-21-6-2-7-22-38)33-35-17-10-12-25-40(35)42-27-14-28-43(44-42)41-26-13-11-18-36(41)34-47(32-16-30-45)39-23-8-3-9-24-39/h10-14,17-18,25-28,37-39H,1-9,15-16,19-24,29-34H2. The predicted octanol–water partition coefficient (Wildman–Crippen LogP) is 13.7. The first kappa shape index (κ1) is 34.3. The molecule has 0 radical (unpaired) electrons. The van der Waals surface area contributed by atoms with Gasteiger partial charge in [-0.2, -0.15) is 0 Å². The van der Waals surface area contributed by atoms with Crippen LogP contribution >= 0.6 is 23.8 Å². The fraction of sp³-hybridized carbons (Fsp3) is 0.605. The van der Waals surface area contributed by atoms with Crippen molar-refractivity contribution in [1.82, 2.24) is 4.98 Å². The Morgan fingerprint density at radius 2 is 0.766 bits per heavy atom. The average molecular weight is 684 g/mol. The number of rotatable bonds is 3. The Hall–Kier alpha value is -1.12. The lowest BCUT2D eigenvalue weighted by molar-refractivity contribution is 0.508. The first-order valence-corrected chi connectivity index (χ1v) is 25.0. The number of nitrogens with zero attached hydrogens (tertiary/aromatic N) is 1. The van der Waals surface area contributed by atoms with E-state index in [0.29, 0.717) is 0 Å². The van der Waals surface area contributed by atoms with Crippen molar-refractivity contribution in [3.05, 3.63) is 77.9 Å². The molecule has 252 valence electrons. The van der Waals surface area contributed by atoms with Crippen LogP contribution in [-0.2, 0) is 12.3 Å². The van der Waals surface area contributed by atoms with Gasteiger partial charge in [0.05, 0.1) is 11.4 Å². The maximum Gasteiger partial charge on any atom is 0.0712 e. The van der Waals surface area contributed by atoms with Crippen molar-refractivity contribution in [1.29, 1.82) is 0 Å². The van der Waals surface area contributed by atoms with Gasteiger partial charge in [0, 0.05) is 11.1 Å². The Bertz CT molecular complexity index is 1290. The number of fused-ring (bicyclic) bond motifs is 6. The summed E-state index contributed by atoms with van der Waals surface area (Å²) in [6.45, 7) is 0. The second kappa shape index (κ2) is 17.7. The normalized spacial score (nSPS) is 26.4. The van der Waals surface area contributed by atoms with E-state index in [9.17, 15) is 0 Å². The van der Waals surface area contributed by atoms with Gasteiger partial charge in [-0.25, -0.2) is 4.98 Å². The number of pyridine rings is 1. The number of aromatic nitrogens is 1. The molecule has 1 aliphatic heterocycles. The molecule has 0 saturated heterocycles. The van der Waals surface area contributed by atoms with Crippen molar-refractivity contribution in [3.8, 4) is 22.5 Å². The van der Waals surface area contributed by atoms with Gasteiger partial charge in [-0.15, -0.1) is 7.92 Å². The molecule has 2 unspecified atom stereocenters. The van der Waals surface area contributed by atoms with E-state index in [1.54, 1.807) is 36.3 Å². The summed E-state index contributed by atoms with van der Waals surface area (Å²) < 4.78 is 0. The first-order valence-electron chi connectivity index (χ1n) is 19.7. The van der Waals surface area contributed by atoms with Gasteiger partial charge in [0.15, 0.2) is 0 Å². The lowest BCUT2D eigenvalue weighted by Crippen LogP contribution is -2.17. The lowest BCUT2D eigenvalue weighted by Gasteiger charge is -2.35. The zero-order valence-corrected chi connectivity index (χ0v) is 31.8. The van der Waals surface area contributed by atoms with Gasteiger partial charge in [-0.05, 0) is 129 Å². The van der Waals surface area contributed by atoms with Crippen molar-refractivity contribution in [2.24, 2.45) is 0 Å². The van der Waals surface area contributed by atoms with E-state index in [1.807, 2.05) is 0 Å². The van der Waals surface area contributed by atoms with E-state index in [2.05, 4.69) is 66.7 Å². The molecule has 1 nitrogen and oxygen atoms in total. The van der Waals surface area contributed by atoms with Crippen LogP contribution in [0.15, 0.2) is 66.7 Å². The first-order chi connectivity index (χ1) is 23.3. The molecule has 3 fully saturated rings. The third-order valence-corrected chi connectivity index (χ3v) is 21.8. The molecule has 2 heterocycles. The molecule has 3 aromatic rings. The number of hydrogen-bond donors (Lipinski definition) is 0. The van der Waals surface area contributed by atoms with Gasteiger partial charge < -0.3 is 0 Å². The summed E-state index contributed by atoms with van der Waals surface area (Å²) >= 11 is 0. The second-order valence-electron chi connectivity index (χ2n) is 15.3. The molecule has 2 atom stereocenters. The SMILES string of the molecule is c1cc2nc(c1)-c1ccccc1CP(C1CCCCC1)CCCP(C1CCCCC1)CCCP(C1CCCCC1)Cc1ccccc1-2. The molecular weight excluding hydrogens is 623 g/mol. The second-order valence-corrected chi connectivity index (χ2v) is 23.4. The molecule has 47 heavy (non-hydrogen) atoms. The maximum atomic E-state index is 5.47.